The third kappa shape index (κ3) is 1.87. The first-order valence-corrected chi connectivity index (χ1v) is 6.29. The van der Waals surface area contributed by atoms with Crippen LogP contribution < -0.4 is 5.73 Å². The van der Waals surface area contributed by atoms with Crippen molar-refractivity contribution in [2.75, 3.05) is 5.73 Å². The molecule has 0 saturated carbocycles. The van der Waals surface area contributed by atoms with Crippen LogP contribution in [0.4, 0.5) is 5.69 Å². The van der Waals surface area contributed by atoms with Gasteiger partial charge in [0.25, 0.3) is 0 Å². The maximum Gasteiger partial charge on any atom is 0.229 e. The monoisotopic (exact) mass is 252 g/mol. The highest BCUT2D eigenvalue weighted by Gasteiger charge is 2.14. The second-order valence-corrected chi connectivity index (χ2v) is 4.99. The summed E-state index contributed by atoms with van der Waals surface area (Å²) in [5, 5.41) is 0. The summed E-state index contributed by atoms with van der Waals surface area (Å²) in [6.07, 6.45) is 0. The van der Waals surface area contributed by atoms with Gasteiger partial charge in [-0.2, -0.15) is 0 Å². The molecule has 3 rings (SSSR count). The van der Waals surface area contributed by atoms with E-state index >= 15 is 0 Å². The third-order valence-corrected chi connectivity index (χ3v) is 3.34. The zero-order valence-electron chi connectivity index (χ0n) is 11.3. The summed E-state index contributed by atoms with van der Waals surface area (Å²) in [6.45, 7) is 6.10. The van der Waals surface area contributed by atoms with Gasteiger partial charge in [0.15, 0.2) is 5.58 Å². The second kappa shape index (κ2) is 4.12. The molecule has 0 atom stereocenters. The van der Waals surface area contributed by atoms with Crippen LogP contribution >= 0.6 is 0 Å². The van der Waals surface area contributed by atoms with Gasteiger partial charge in [0, 0.05) is 5.69 Å². The number of aromatic nitrogens is 1. The number of rotatable bonds is 1. The van der Waals surface area contributed by atoms with Gasteiger partial charge in [0.1, 0.15) is 5.52 Å². The lowest BCUT2D eigenvalue weighted by Gasteiger charge is -2.04. The molecule has 2 N–H and O–H groups in total. The van der Waals surface area contributed by atoms with Gasteiger partial charge in [-0.25, -0.2) is 4.98 Å². The van der Waals surface area contributed by atoms with Gasteiger partial charge < -0.3 is 10.2 Å². The summed E-state index contributed by atoms with van der Waals surface area (Å²) in [6, 6.07) is 9.95. The van der Waals surface area contributed by atoms with Gasteiger partial charge >= 0.3 is 0 Å². The van der Waals surface area contributed by atoms with Crippen molar-refractivity contribution in [1.29, 1.82) is 0 Å². The SMILES string of the molecule is Cc1cc(C)c2oc(-c3c(C)cccc3N)nc2c1. The average molecular weight is 252 g/mol. The minimum atomic E-state index is 0.597. The zero-order valence-corrected chi connectivity index (χ0v) is 11.3. The van der Waals surface area contributed by atoms with Crippen LogP contribution in [0.2, 0.25) is 0 Å². The molecule has 3 aromatic rings. The molecule has 0 amide bonds. The molecule has 0 aliphatic rings. The van der Waals surface area contributed by atoms with E-state index in [2.05, 4.69) is 18.0 Å². The quantitative estimate of drug-likeness (QED) is 0.666. The molecule has 1 aromatic heterocycles. The number of fused-ring (bicyclic) bond motifs is 1. The molecule has 0 aliphatic heterocycles. The Labute approximate surface area is 112 Å². The van der Waals surface area contributed by atoms with Crippen LogP contribution in [0, 0.1) is 20.8 Å². The maximum atomic E-state index is 6.04. The summed E-state index contributed by atoms with van der Waals surface area (Å²) in [5.74, 6) is 0.597. The largest absolute Gasteiger partial charge is 0.436 e. The van der Waals surface area contributed by atoms with E-state index in [4.69, 9.17) is 10.2 Å². The molecule has 3 heteroatoms. The number of aryl methyl sites for hydroxylation is 3. The van der Waals surface area contributed by atoms with Gasteiger partial charge in [-0.05, 0) is 49.6 Å². The van der Waals surface area contributed by atoms with Crippen molar-refractivity contribution in [3.8, 4) is 11.5 Å². The average Bonchev–Trinajstić information content (AvgIpc) is 2.72. The molecule has 96 valence electrons. The first kappa shape index (κ1) is 11.8. The molecule has 0 saturated heterocycles. The Kier molecular flexibility index (Phi) is 2.56. The molecule has 19 heavy (non-hydrogen) atoms. The van der Waals surface area contributed by atoms with E-state index in [1.807, 2.05) is 38.1 Å². The van der Waals surface area contributed by atoms with Gasteiger partial charge in [-0.15, -0.1) is 0 Å². The summed E-state index contributed by atoms with van der Waals surface area (Å²) < 4.78 is 5.91. The van der Waals surface area contributed by atoms with Crippen LogP contribution in [-0.4, -0.2) is 4.98 Å². The van der Waals surface area contributed by atoms with E-state index in [9.17, 15) is 0 Å². The molecule has 1 heterocycles. The molecule has 3 nitrogen and oxygen atoms in total. The van der Waals surface area contributed by atoms with Crippen molar-refractivity contribution in [3.63, 3.8) is 0 Å². The molecule has 0 fully saturated rings. The molecule has 0 unspecified atom stereocenters. The first-order chi connectivity index (χ1) is 9.06. The van der Waals surface area contributed by atoms with Gasteiger partial charge in [-0.1, -0.05) is 18.2 Å². The van der Waals surface area contributed by atoms with Crippen LogP contribution in [0.15, 0.2) is 34.7 Å². The van der Waals surface area contributed by atoms with Crippen LogP contribution in [0.3, 0.4) is 0 Å². The van der Waals surface area contributed by atoms with E-state index in [0.29, 0.717) is 11.6 Å². The number of hydrogen-bond donors (Lipinski definition) is 1. The maximum absolute atomic E-state index is 6.04. The van der Waals surface area contributed by atoms with Crippen molar-refractivity contribution in [2.45, 2.75) is 20.8 Å². The molecule has 0 aliphatic carbocycles. The smallest absolute Gasteiger partial charge is 0.229 e. The number of anilines is 1. The van der Waals surface area contributed by atoms with E-state index in [0.717, 1.165) is 27.8 Å². The fourth-order valence-electron chi connectivity index (χ4n) is 2.47. The van der Waals surface area contributed by atoms with E-state index in [1.165, 1.54) is 5.56 Å². The molecule has 0 radical (unpaired) electrons. The van der Waals surface area contributed by atoms with Crippen LogP contribution in [0.5, 0.6) is 0 Å². The predicted molar refractivity (Wildman–Crippen MR) is 78.1 cm³/mol. The molecule has 2 aromatic carbocycles. The Morgan fingerprint density at radius 2 is 1.84 bits per heavy atom. The summed E-state index contributed by atoms with van der Waals surface area (Å²) >= 11 is 0. The highest BCUT2D eigenvalue weighted by Crippen LogP contribution is 2.32. The summed E-state index contributed by atoms with van der Waals surface area (Å²) in [4.78, 5) is 4.58. The van der Waals surface area contributed by atoms with Crippen molar-refractivity contribution in [1.82, 2.24) is 4.98 Å². The van der Waals surface area contributed by atoms with Gasteiger partial charge in [-0.3, -0.25) is 0 Å². The van der Waals surface area contributed by atoms with Crippen molar-refractivity contribution >= 4 is 16.8 Å². The lowest BCUT2D eigenvalue weighted by molar-refractivity contribution is 0.617. The Bertz CT molecular complexity index is 752. The minimum Gasteiger partial charge on any atom is -0.436 e. The Balaban J connectivity index is 2.30. The molecular formula is C16H16N2O. The molecular weight excluding hydrogens is 236 g/mol. The number of nitrogen functional groups attached to an aromatic ring is 1. The number of nitrogens with two attached hydrogens (primary N) is 1. The van der Waals surface area contributed by atoms with Crippen molar-refractivity contribution < 1.29 is 4.42 Å². The lowest BCUT2D eigenvalue weighted by atomic mass is 10.1. The summed E-state index contributed by atoms with van der Waals surface area (Å²) in [7, 11) is 0. The summed E-state index contributed by atoms with van der Waals surface area (Å²) in [5.41, 5.74) is 12.7. The highest BCUT2D eigenvalue weighted by atomic mass is 16.3. The zero-order chi connectivity index (χ0) is 13.6. The predicted octanol–water partition coefficient (Wildman–Crippen LogP) is 4.00. The van der Waals surface area contributed by atoms with Crippen molar-refractivity contribution in [3.05, 3.63) is 47.0 Å². The Morgan fingerprint density at radius 3 is 2.58 bits per heavy atom. The van der Waals surface area contributed by atoms with E-state index in [1.54, 1.807) is 0 Å². The van der Waals surface area contributed by atoms with Crippen LogP contribution in [0.25, 0.3) is 22.6 Å². The van der Waals surface area contributed by atoms with E-state index < -0.39 is 0 Å². The number of nitrogens with zero attached hydrogens (tertiary/aromatic N) is 1. The fourth-order valence-corrected chi connectivity index (χ4v) is 2.47. The van der Waals surface area contributed by atoms with Gasteiger partial charge in [0.2, 0.25) is 5.89 Å². The molecule has 0 spiro atoms. The normalized spacial score (nSPS) is 11.1. The number of benzene rings is 2. The lowest BCUT2D eigenvalue weighted by Crippen LogP contribution is -1.92. The van der Waals surface area contributed by atoms with E-state index in [-0.39, 0.29) is 0 Å². The second-order valence-electron chi connectivity index (χ2n) is 4.99. The van der Waals surface area contributed by atoms with Gasteiger partial charge in [0.05, 0.1) is 5.56 Å². The third-order valence-electron chi connectivity index (χ3n) is 3.34. The molecule has 0 bridgehead atoms. The topological polar surface area (TPSA) is 52.0 Å². The van der Waals surface area contributed by atoms with Crippen LogP contribution in [0.1, 0.15) is 16.7 Å². The minimum absolute atomic E-state index is 0.597. The number of hydrogen-bond acceptors (Lipinski definition) is 3. The van der Waals surface area contributed by atoms with Crippen LogP contribution in [-0.2, 0) is 0 Å². The Morgan fingerprint density at radius 1 is 1.05 bits per heavy atom. The number of oxazole rings is 1. The highest BCUT2D eigenvalue weighted by molar-refractivity contribution is 5.83. The Hall–Kier alpha value is -2.29. The fraction of sp³-hybridized carbons (Fsp3) is 0.188. The van der Waals surface area contributed by atoms with Crippen molar-refractivity contribution in [2.24, 2.45) is 0 Å². The first-order valence-electron chi connectivity index (χ1n) is 6.29. The standard InChI is InChI=1S/C16H16N2O/c1-9-7-11(3)15-13(8-9)18-16(19-15)14-10(2)5-4-6-12(14)17/h4-8H,17H2,1-3H3.